The number of rotatable bonds is 10. The number of nitrogens with one attached hydrogen (secondary N) is 4. The summed E-state index contributed by atoms with van der Waals surface area (Å²) in [5, 5.41) is 8.38. The normalized spacial score (nSPS) is 15.7. The van der Waals surface area contributed by atoms with E-state index in [-0.39, 0.29) is 48.5 Å². The summed E-state index contributed by atoms with van der Waals surface area (Å²) in [6.45, 7) is 5.86. The van der Waals surface area contributed by atoms with Crippen LogP contribution in [0.4, 0.5) is 11.8 Å². The topological polar surface area (TPSA) is 169 Å². The Morgan fingerprint density at radius 1 is 1.14 bits per heavy atom. The Morgan fingerprint density at radius 3 is 2.49 bits per heavy atom. The van der Waals surface area contributed by atoms with Crippen molar-refractivity contribution in [2.45, 2.75) is 65.3 Å². The van der Waals surface area contributed by atoms with E-state index < -0.39 is 23.4 Å². The first-order valence-electron chi connectivity index (χ1n) is 11.6. The molecule has 0 saturated heterocycles. The smallest absolute Gasteiger partial charge is 0.328 e. The Morgan fingerprint density at radius 2 is 1.86 bits per heavy atom. The van der Waals surface area contributed by atoms with Gasteiger partial charge >= 0.3 is 11.9 Å². The zero-order chi connectivity index (χ0) is 26.2. The van der Waals surface area contributed by atoms with E-state index in [0.29, 0.717) is 37.2 Å². The third-order valence-electron chi connectivity index (χ3n) is 5.68. The van der Waals surface area contributed by atoms with E-state index in [1.807, 2.05) is 0 Å². The van der Waals surface area contributed by atoms with E-state index >= 15 is 0 Å². The lowest BCUT2D eigenvalue weighted by Crippen LogP contribution is -2.41. The van der Waals surface area contributed by atoms with Gasteiger partial charge in [-0.25, -0.2) is 4.79 Å². The number of esters is 2. The van der Waals surface area contributed by atoms with Crippen LogP contribution in [0.3, 0.4) is 0 Å². The van der Waals surface area contributed by atoms with Crippen molar-refractivity contribution in [3.63, 3.8) is 0 Å². The number of carbonyl (C=O) groups is 4. The van der Waals surface area contributed by atoms with E-state index in [1.165, 1.54) is 14.2 Å². The Bertz CT molecular complexity index is 999. The van der Waals surface area contributed by atoms with E-state index in [9.17, 15) is 24.0 Å². The van der Waals surface area contributed by atoms with Crippen molar-refractivity contribution < 1.29 is 28.7 Å². The van der Waals surface area contributed by atoms with Crippen LogP contribution in [-0.2, 0) is 35.1 Å². The molecule has 0 bridgehead atoms. The zero-order valence-corrected chi connectivity index (χ0v) is 20.9. The number of amides is 2. The largest absolute Gasteiger partial charge is 0.469 e. The second-order valence-corrected chi connectivity index (χ2v) is 9.55. The fourth-order valence-corrected chi connectivity index (χ4v) is 3.57. The molecule has 4 N–H and O–H groups in total. The Hall–Kier alpha value is -3.44. The lowest BCUT2D eigenvalue weighted by molar-refractivity contribution is -0.146. The third kappa shape index (κ3) is 8.37. The molecular formula is C23H35N5O7. The van der Waals surface area contributed by atoms with Crippen LogP contribution in [0.5, 0.6) is 0 Å². The summed E-state index contributed by atoms with van der Waals surface area (Å²) in [5.74, 6) is -1.03. The van der Waals surface area contributed by atoms with E-state index in [0.717, 1.165) is 0 Å². The average Bonchev–Trinajstić information content (AvgIpc) is 2.80. The molecule has 2 rings (SSSR count). The maximum absolute atomic E-state index is 12.6. The molecule has 1 aromatic heterocycles. The third-order valence-corrected chi connectivity index (χ3v) is 5.68. The van der Waals surface area contributed by atoms with Crippen LogP contribution in [-0.4, -0.2) is 60.5 Å². The molecule has 194 valence electrons. The second kappa shape index (κ2) is 12.3. The molecule has 1 aromatic rings. The van der Waals surface area contributed by atoms with Gasteiger partial charge in [-0.15, -0.1) is 0 Å². The van der Waals surface area contributed by atoms with Crippen LogP contribution >= 0.6 is 0 Å². The van der Waals surface area contributed by atoms with Gasteiger partial charge in [0.25, 0.3) is 5.56 Å². The second-order valence-electron chi connectivity index (χ2n) is 9.55. The summed E-state index contributed by atoms with van der Waals surface area (Å²) in [6.07, 6.45) is 1.96. The summed E-state index contributed by atoms with van der Waals surface area (Å²) in [4.78, 5) is 67.2. The number of carbonyl (C=O) groups excluding carboxylic acids is 4. The molecule has 0 spiro atoms. The first-order valence-corrected chi connectivity index (χ1v) is 11.6. The fraction of sp³-hybridized carbons (Fsp3) is 0.652. The van der Waals surface area contributed by atoms with Crippen LogP contribution in [0.15, 0.2) is 4.79 Å². The summed E-state index contributed by atoms with van der Waals surface area (Å²) in [6, 6.07) is -0.924. The van der Waals surface area contributed by atoms with Crippen LogP contribution in [0.2, 0.25) is 0 Å². The van der Waals surface area contributed by atoms with Gasteiger partial charge in [0.05, 0.1) is 19.8 Å². The molecule has 1 unspecified atom stereocenters. The highest BCUT2D eigenvalue weighted by molar-refractivity contribution is 5.93. The summed E-state index contributed by atoms with van der Waals surface area (Å²) < 4.78 is 9.26. The highest BCUT2D eigenvalue weighted by atomic mass is 16.5. The number of hydrogen-bond acceptors (Lipinski definition) is 9. The van der Waals surface area contributed by atoms with Crippen molar-refractivity contribution in [3.8, 4) is 0 Å². The van der Waals surface area contributed by atoms with Gasteiger partial charge in [0.2, 0.25) is 17.8 Å². The zero-order valence-electron chi connectivity index (χ0n) is 20.9. The molecule has 1 aliphatic rings. The van der Waals surface area contributed by atoms with Gasteiger partial charge in [-0.3, -0.25) is 29.5 Å². The Labute approximate surface area is 203 Å². The van der Waals surface area contributed by atoms with Gasteiger partial charge in [-0.1, -0.05) is 20.8 Å². The van der Waals surface area contributed by atoms with Crippen LogP contribution in [0, 0.1) is 11.3 Å². The lowest BCUT2D eigenvalue weighted by atomic mass is 9.92. The number of ether oxygens (including phenoxy) is 2. The van der Waals surface area contributed by atoms with Crippen LogP contribution in [0.1, 0.15) is 58.4 Å². The fourth-order valence-electron chi connectivity index (χ4n) is 3.57. The number of methoxy groups -OCH3 is 2. The van der Waals surface area contributed by atoms with Crippen molar-refractivity contribution >= 4 is 35.5 Å². The van der Waals surface area contributed by atoms with Gasteiger partial charge < -0.3 is 20.1 Å². The highest BCUT2D eigenvalue weighted by Crippen LogP contribution is 2.24. The van der Waals surface area contributed by atoms with Crippen molar-refractivity contribution in [1.29, 1.82) is 0 Å². The summed E-state index contributed by atoms with van der Waals surface area (Å²) in [7, 11) is 2.46. The Kier molecular flexibility index (Phi) is 9.78. The standard InChI is InChI=1S/C23H35N5O7/c1-23(2,3)21(33)28-22-26-18-14(19(31)27-22)11-13(12-24-18)7-6-8-16(29)25-15(20(32)35-5)9-10-17(30)34-4/h13,15H,6-12H2,1-5H3,(H,25,29)(H3,24,26,27,28,31,33)/t13?,15-/m1/s1. The first kappa shape index (κ1) is 27.8. The molecule has 12 heteroatoms. The molecule has 35 heavy (non-hydrogen) atoms. The maximum Gasteiger partial charge on any atom is 0.328 e. The molecule has 12 nitrogen and oxygen atoms in total. The lowest BCUT2D eigenvalue weighted by Gasteiger charge is -2.25. The molecule has 0 fully saturated rings. The number of nitrogens with zero attached hydrogens (tertiary/aromatic N) is 1. The van der Waals surface area contributed by atoms with Crippen LogP contribution < -0.4 is 21.5 Å². The molecule has 2 atom stereocenters. The quantitative estimate of drug-likeness (QED) is 0.349. The molecule has 0 radical (unpaired) electrons. The van der Waals surface area contributed by atoms with Crippen molar-refractivity contribution in [2.75, 3.05) is 31.4 Å². The van der Waals surface area contributed by atoms with Crippen molar-refractivity contribution in [2.24, 2.45) is 11.3 Å². The van der Waals surface area contributed by atoms with E-state index in [2.05, 4.69) is 30.7 Å². The number of H-pyrrole nitrogens is 1. The number of anilines is 2. The minimum absolute atomic E-state index is 0.0200. The van der Waals surface area contributed by atoms with Crippen molar-refractivity contribution in [1.82, 2.24) is 15.3 Å². The van der Waals surface area contributed by atoms with Crippen LogP contribution in [0.25, 0.3) is 0 Å². The predicted octanol–water partition coefficient (Wildman–Crippen LogP) is 1.12. The van der Waals surface area contributed by atoms with E-state index in [4.69, 9.17) is 4.74 Å². The SMILES string of the molecule is COC(=O)CC[C@@H](NC(=O)CCCC1CNc2nc(NC(=O)C(C)(C)C)[nH]c(=O)c2C1)C(=O)OC. The minimum atomic E-state index is -0.924. The molecule has 2 amide bonds. The average molecular weight is 494 g/mol. The van der Waals surface area contributed by atoms with Gasteiger partial charge in [0, 0.05) is 24.8 Å². The Balaban J connectivity index is 1.87. The monoisotopic (exact) mass is 493 g/mol. The van der Waals surface area contributed by atoms with Gasteiger partial charge in [-0.2, -0.15) is 4.98 Å². The molecule has 1 aliphatic heterocycles. The molecule has 0 aromatic carbocycles. The van der Waals surface area contributed by atoms with Crippen molar-refractivity contribution in [3.05, 3.63) is 15.9 Å². The number of aromatic amines is 1. The van der Waals surface area contributed by atoms with Gasteiger partial charge in [0.1, 0.15) is 11.9 Å². The van der Waals surface area contributed by atoms with E-state index in [1.54, 1.807) is 20.8 Å². The minimum Gasteiger partial charge on any atom is -0.469 e. The molecular weight excluding hydrogens is 458 g/mol. The summed E-state index contributed by atoms with van der Waals surface area (Å²) >= 11 is 0. The number of fused-ring (bicyclic) bond motifs is 1. The number of hydrogen-bond donors (Lipinski definition) is 4. The number of aromatic nitrogens is 2. The first-order chi connectivity index (χ1) is 16.4. The molecule has 0 saturated carbocycles. The highest BCUT2D eigenvalue weighted by Gasteiger charge is 2.26. The molecule has 2 heterocycles. The summed E-state index contributed by atoms with van der Waals surface area (Å²) in [5.41, 5.74) is -0.439. The van der Waals surface area contributed by atoms with Gasteiger partial charge in [0.15, 0.2) is 0 Å². The van der Waals surface area contributed by atoms with Gasteiger partial charge in [-0.05, 0) is 31.6 Å². The molecule has 0 aliphatic carbocycles. The maximum atomic E-state index is 12.6. The predicted molar refractivity (Wildman–Crippen MR) is 128 cm³/mol.